The molecule has 1 aliphatic rings. The van der Waals surface area contributed by atoms with Crippen LogP contribution in [-0.4, -0.2) is 13.0 Å². The first-order valence-electron chi connectivity index (χ1n) is 10.8. The normalized spacial score (nSPS) is 14.5. The van der Waals surface area contributed by atoms with Crippen molar-refractivity contribution >= 4 is 43.2 Å². The Bertz CT molecular complexity index is 1510. The number of aromatic nitrogens is 1. The molecular weight excluding hydrogens is 476 g/mol. The van der Waals surface area contributed by atoms with Crippen molar-refractivity contribution in [3.05, 3.63) is 97.6 Å². The molecule has 5 rings (SSSR count). The Morgan fingerprint density at radius 1 is 1.03 bits per heavy atom. The van der Waals surface area contributed by atoms with Crippen LogP contribution in [0.25, 0.3) is 10.2 Å². The molecule has 0 fully saturated rings. The van der Waals surface area contributed by atoms with Gasteiger partial charge in [-0.3, -0.25) is 9.36 Å². The quantitative estimate of drug-likeness (QED) is 0.392. The molecular formula is C25H23ClN2O3S2. The second-order valence-electron chi connectivity index (χ2n) is 8.43. The van der Waals surface area contributed by atoms with E-state index in [0.29, 0.717) is 21.8 Å². The number of benzene rings is 3. The summed E-state index contributed by atoms with van der Waals surface area (Å²) in [5.74, 6) is 0. The van der Waals surface area contributed by atoms with Crippen molar-refractivity contribution in [3.8, 4) is 0 Å². The zero-order chi connectivity index (χ0) is 23.2. The molecule has 5 nitrogen and oxygen atoms in total. The van der Waals surface area contributed by atoms with Gasteiger partial charge in [0, 0.05) is 11.1 Å². The number of hydrogen-bond acceptors (Lipinski definition) is 4. The number of thiazole rings is 1. The Morgan fingerprint density at radius 2 is 1.79 bits per heavy atom. The van der Waals surface area contributed by atoms with Gasteiger partial charge in [-0.2, -0.15) is 0 Å². The van der Waals surface area contributed by atoms with E-state index in [0.717, 1.165) is 41.7 Å². The molecule has 0 amide bonds. The topological polar surface area (TPSA) is 68.2 Å². The molecule has 8 heteroatoms. The molecule has 0 spiro atoms. The van der Waals surface area contributed by atoms with Gasteiger partial charge < -0.3 is 0 Å². The van der Waals surface area contributed by atoms with E-state index in [1.54, 1.807) is 34.9 Å². The fourth-order valence-corrected chi connectivity index (χ4v) is 6.75. The smallest absolute Gasteiger partial charge is 0.294 e. The molecule has 0 saturated carbocycles. The van der Waals surface area contributed by atoms with Crippen molar-refractivity contribution in [1.29, 1.82) is 0 Å². The molecule has 1 aromatic heterocycles. The average Bonchev–Trinajstić information content (AvgIpc) is 3.38. The number of hydrogen-bond donors (Lipinski definition) is 1. The highest BCUT2D eigenvalue weighted by Gasteiger charge is 2.21. The van der Waals surface area contributed by atoms with E-state index in [4.69, 9.17) is 11.6 Å². The van der Waals surface area contributed by atoms with Gasteiger partial charge in [0.15, 0.2) is 0 Å². The van der Waals surface area contributed by atoms with Crippen molar-refractivity contribution in [2.24, 2.45) is 0 Å². The largest absolute Gasteiger partial charge is 0.308 e. The van der Waals surface area contributed by atoms with E-state index in [1.807, 2.05) is 25.1 Å². The standard InChI is InChI=1S/C25H23ClN2O3S2/c1-16(19-8-7-18-3-2-4-20(18)13-19)27-33(30,31)22-11-12-23-24(14-22)32-25(29)28(23)15-17-5-9-21(26)10-6-17/h5-14,16,27H,2-4,15H2,1H3/t16-/m0/s1. The molecule has 0 saturated heterocycles. The average molecular weight is 499 g/mol. The highest BCUT2D eigenvalue weighted by molar-refractivity contribution is 7.89. The molecule has 33 heavy (non-hydrogen) atoms. The number of halogens is 1. The fourth-order valence-electron chi connectivity index (χ4n) is 4.37. The Balaban J connectivity index is 1.41. The predicted octanol–water partition coefficient (Wildman–Crippen LogP) is 5.29. The third-order valence-corrected chi connectivity index (χ3v) is 8.89. The van der Waals surface area contributed by atoms with Crippen molar-refractivity contribution in [2.75, 3.05) is 0 Å². The minimum atomic E-state index is -3.75. The van der Waals surface area contributed by atoms with Gasteiger partial charge in [0.25, 0.3) is 0 Å². The van der Waals surface area contributed by atoms with Crippen LogP contribution in [0.1, 0.15) is 41.6 Å². The molecule has 1 heterocycles. The number of rotatable bonds is 6. The summed E-state index contributed by atoms with van der Waals surface area (Å²) in [5.41, 5.74) is 5.29. The molecule has 4 aromatic rings. The summed E-state index contributed by atoms with van der Waals surface area (Å²) in [6.45, 7) is 2.25. The van der Waals surface area contributed by atoms with E-state index in [1.165, 1.54) is 11.1 Å². The van der Waals surface area contributed by atoms with Crippen molar-refractivity contribution in [3.63, 3.8) is 0 Å². The molecule has 0 unspecified atom stereocenters. The first-order valence-corrected chi connectivity index (χ1v) is 13.5. The highest BCUT2D eigenvalue weighted by Crippen LogP contribution is 2.27. The summed E-state index contributed by atoms with van der Waals surface area (Å²) < 4.78 is 31.3. The lowest BCUT2D eigenvalue weighted by Gasteiger charge is -2.16. The van der Waals surface area contributed by atoms with Gasteiger partial charge in [-0.15, -0.1) is 0 Å². The van der Waals surface area contributed by atoms with Crippen LogP contribution in [0, 0.1) is 0 Å². The number of nitrogens with one attached hydrogen (secondary N) is 1. The lowest BCUT2D eigenvalue weighted by molar-refractivity contribution is 0.567. The maximum Gasteiger partial charge on any atom is 0.308 e. The molecule has 3 aromatic carbocycles. The van der Waals surface area contributed by atoms with Crippen LogP contribution < -0.4 is 9.60 Å². The van der Waals surface area contributed by atoms with E-state index in [-0.39, 0.29) is 15.8 Å². The Hall–Kier alpha value is -2.45. The summed E-state index contributed by atoms with van der Waals surface area (Å²) in [7, 11) is -3.75. The summed E-state index contributed by atoms with van der Waals surface area (Å²) in [6.07, 6.45) is 3.29. The van der Waals surface area contributed by atoms with Gasteiger partial charge in [-0.25, -0.2) is 13.1 Å². The summed E-state index contributed by atoms with van der Waals surface area (Å²) in [5, 5.41) is 0.637. The monoisotopic (exact) mass is 498 g/mol. The zero-order valence-electron chi connectivity index (χ0n) is 18.0. The lowest BCUT2D eigenvalue weighted by Crippen LogP contribution is -2.27. The molecule has 0 aliphatic heterocycles. The second kappa shape index (κ2) is 8.72. The minimum absolute atomic E-state index is 0.131. The zero-order valence-corrected chi connectivity index (χ0v) is 20.4. The molecule has 170 valence electrons. The Morgan fingerprint density at radius 3 is 2.58 bits per heavy atom. The van der Waals surface area contributed by atoms with Crippen molar-refractivity contribution in [1.82, 2.24) is 9.29 Å². The molecule has 0 bridgehead atoms. The molecule has 1 N–H and O–H groups in total. The van der Waals surface area contributed by atoms with E-state index >= 15 is 0 Å². The Kier molecular flexibility index (Phi) is 5.91. The SMILES string of the molecule is C[C@H](NS(=O)(=O)c1ccc2c(c1)sc(=O)n2Cc1ccc(Cl)cc1)c1ccc2c(c1)CCC2. The van der Waals surface area contributed by atoms with Gasteiger partial charge in [0.1, 0.15) is 0 Å². The number of sulfonamides is 1. The molecule has 1 aliphatic carbocycles. The van der Waals surface area contributed by atoms with Crippen LogP contribution in [0.4, 0.5) is 0 Å². The third kappa shape index (κ3) is 4.51. The summed E-state index contributed by atoms with van der Waals surface area (Å²) >= 11 is 7.00. The molecule has 0 radical (unpaired) electrons. The second-order valence-corrected chi connectivity index (χ2v) is 11.6. The Labute approximate surface area is 201 Å². The minimum Gasteiger partial charge on any atom is -0.294 e. The van der Waals surface area contributed by atoms with Gasteiger partial charge in [0.2, 0.25) is 10.0 Å². The summed E-state index contributed by atoms with van der Waals surface area (Å²) in [6, 6.07) is 18.0. The molecule has 1 atom stereocenters. The van der Waals surface area contributed by atoms with E-state index < -0.39 is 10.0 Å². The van der Waals surface area contributed by atoms with Crippen LogP contribution in [0.3, 0.4) is 0 Å². The first-order chi connectivity index (χ1) is 15.8. The van der Waals surface area contributed by atoms with Crippen LogP contribution >= 0.6 is 22.9 Å². The number of aryl methyl sites for hydroxylation is 2. The van der Waals surface area contributed by atoms with Crippen LogP contribution in [0.2, 0.25) is 5.02 Å². The van der Waals surface area contributed by atoms with Crippen molar-refractivity contribution < 1.29 is 8.42 Å². The van der Waals surface area contributed by atoms with E-state index in [2.05, 4.69) is 16.9 Å². The maximum absolute atomic E-state index is 13.1. The van der Waals surface area contributed by atoms with Gasteiger partial charge in [-0.1, -0.05) is 53.3 Å². The third-order valence-electron chi connectivity index (χ3n) is 6.16. The predicted molar refractivity (Wildman–Crippen MR) is 134 cm³/mol. The highest BCUT2D eigenvalue weighted by atomic mass is 35.5. The summed E-state index contributed by atoms with van der Waals surface area (Å²) in [4.78, 5) is 12.6. The number of fused-ring (bicyclic) bond motifs is 2. The van der Waals surface area contributed by atoms with E-state index in [9.17, 15) is 13.2 Å². The van der Waals surface area contributed by atoms with Gasteiger partial charge in [0.05, 0.1) is 21.7 Å². The van der Waals surface area contributed by atoms with Crippen molar-refractivity contribution in [2.45, 2.75) is 43.7 Å². The number of nitrogens with zero attached hydrogens (tertiary/aromatic N) is 1. The fraction of sp³-hybridized carbons (Fsp3) is 0.240. The first kappa shape index (κ1) is 22.3. The van der Waals surface area contributed by atoms with Crippen LogP contribution in [-0.2, 0) is 29.4 Å². The van der Waals surface area contributed by atoms with Crippen LogP contribution in [0.5, 0.6) is 0 Å². The van der Waals surface area contributed by atoms with Gasteiger partial charge in [-0.05, 0) is 78.8 Å². The van der Waals surface area contributed by atoms with Crippen LogP contribution in [0.15, 0.2) is 70.4 Å². The lowest BCUT2D eigenvalue weighted by atomic mass is 10.0. The maximum atomic E-state index is 13.1. The van der Waals surface area contributed by atoms with Gasteiger partial charge >= 0.3 is 4.87 Å².